The van der Waals surface area contributed by atoms with Crippen molar-refractivity contribution in [2.24, 2.45) is 4.99 Å². The Kier molecular flexibility index (Phi) is 2.61. The summed E-state index contributed by atoms with van der Waals surface area (Å²) in [5.41, 5.74) is 2.22. The van der Waals surface area contributed by atoms with Gasteiger partial charge in [0.1, 0.15) is 0 Å². The summed E-state index contributed by atoms with van der Waals surface area (Å²) in [7, 11) is 0. The first-order valence-electron chi connectivity index (χ1n) is 3.54. The number of aliphatic imine (C=N–C) groups is 1. The fraction of sp³-hybridized carbons (Fsp3) is 0.100. The molecule has 0 aliphatic heterocycles. The van der Waals surface area contributed by atoms with Crippen LogP contribution in [0.2, 0.25) is 0 Å². The van der Waals surface area contributed by atoms with Crippen LogP contribution >= 0.6 is 0 Å². The second-order valence-corrected chi connectivity index (χ2v) is 2.35. The van der Waals surface area contributed by atoms with Crippen LogP contribution in [0.5, 0.6) is 0 Å². The Morgan fingerprint density at radius 3 is 2.45 bits per heavy atom. The molecule has 1 nitrogen and oxygen atoms in total. The molecular weight excluding hydrogens is 134 g/mol. The van der Waals surface area contributed by atoms with E-state index in [9.17, 15) is 0 Å². The number of hydrogen-bond donors (Lipinski definition) is 0. The Hall–Kier alpha value is -1.37. The van der Waals surface area contributed by atoms with Crippen LogP contribution in [-0.2, 0) is 0 Å². The third kappa shape index (κ3) is 2.38. The van der Waals surface area contributed by atoms with Gasteiger partial charge in [0.05, 0.1) is 5.69 Å². The van der Waals surface area contributed by atoms with Gasteiger partial charge in [-0.3, -0.25) is 4.99 Å². The van der Waals surface area contributed by atoms with Gasteiger partial charge in [0.15, 0.2) is 0 Å². The molecule has 0 saturated heterocycles. The van der Waals surface area contributed by atoms with E-state index in [1.165, 1.54) is 5.56 Å². The van der Waals surface area contributed by atoms with Gasteiger partial charge in [-0.25, -0.2) is 0 Å². The third-order valence-electron chi connectivity index (χ3n) is 1.36. The highest BCUT2D eigenvalue weighted by Crippen LogP contribution is 2.11. The lowest BCUT2D eigenvalue weighted by molar-refractivity contribution is 1.44. The van der Waals surface area contributed by atoms with E-state index in [0.717, 1.165) is 5.69 Å². The lowest BCUT2D eigenvalue weighted by Crippen LogP contribution is -1.69. The summed E-state index contributed by atoms with van der Waals surface area (Å²) in [6, 6.07) is 8.04. The highest BCUT2D eigenvalue weighted by Gasteiger charge is 1.84. The first kappa shape index (κ1) is 7.73. The summed E-state index contributed by atoms with van der Waals surface area (Å²) in [6.07, 6.45) is 3.35. The first-order valence-corrected chi connectivity index (χ1v) is 3.54. The molecule has 0 aliphatic carbocycles. The van der Waals surface area contributed by atoms with Gasteiger partial charge < -0.3 is 0 Å². The van der Waals surface area contributed by atoms with Crippen molar-refractivity contribution in [3.63, 3.8) is 0 Å². The molecule has 0 amide bonds. The smallest absolute Gasteiger partial charge is 0.0629 e. The van der Waals surface area contributed by atoms with Crippen molar-refractivity contribution >= 4 is 11.9 Å². The summed E-state index contributed by atoms with van der Waals surface area (Å²) >= 11 is 0. The van der Waals surface area contributed by atoms with E-state index in [0.29, 0.717) is 0 Å². The van der Waals surface area contributed by atoms with E-state index in [1.54, 1.807) is 12.3 Å². The van der Waals surface area contributed by atoms with Crippen LogP contribution in [-0.4, -0.2) is 6.21 Å². The Morgan fingerprint density at radius 2 is 1.91 bits per heavy atom. The molecule has 1 aromatic carbocycles. The normalized spacial score (nSPS) is 10.3. The maximum atomic E-state index is 4.12. The molecule has 0 N–H and O–H groups in total. The zero-order valence-corrected chi connectivity index (χ0v) is 6.62. The standard InChI is InChI=1S/C10H11N/c1-3-8-11-10-6-4-9(2)5-7-10/h3-8H,1H2,2H3. The molecule has 0 aromatic heterocycles. The summed E-state index contributed by atoms with van der Waals surface area (Å²) in [4.78, 5) is 4.12. The summed E-state index contributed by atoms with van der Waals surface area (Å²) in [6.45, 7) is 5.60. The van der Waals surface area contributed by atoms with Gasteiger partial charge in [-0.2, -0.15) is 0 Å². The molecule has 0 atom stereocenters. The van der Waals surface area contributed by atoms with E-state index in [-0.39, 0.29) is 0 Å². The molecule has 1 heteroatoms. The average Bonchev–Trinajstić information content (AvgIpc) is 2.04. The van der Waals surface area contributed by atoms with Crippen molar-refractivity contribution in [1.82, 2.24) is 0 Å². The van der Waals surface area contributed by atoms with E-state index in [4.69, 9.17) is 0 Å². The van der Waals surface area contributed by atoms with Gasteiger partial charge in [-0.1, -0.05) is 30.4 Å². The molecule has 0 spiro atoms. The van der Waals surface area contributed by atoms with Crippen molar-refractivity contribution < 1.29 is 0 Å². The molecule has 1 rings (SSSR count). The van der Waals surface area contributed by atoms with Crippen molar-refractivity contribution in [2.45, 2.75) is 6.92 Å². The molecule has 11 heavy (non-hydrogen) atoms. The van der Waals surface area contributed by atoms with E-state index < -0.39 is 0 Å². The van der Waals surface area contributed by atoms with Gasteiger partial charge in [-0.15, -0.1) is 0 Å². The van der Waals surface area contributed by atoms with Crippen LogP contribution in [0.4, 0.5) is 5.69 Å². The molecule has 0 aliphatic rings. The number of allylic oxidation sites excluding steroid dienone is 1. The van der Waals surface area contributed by atoms with Gasteiger partial charge in [0, 0.05) is 6.21 Å². The monoisotopic (exact) mass is 145 g/mol. The van der Waals surface area contributed by atoms with Crippen LogP contribution < -0.4 is 0 Å². The molecule has 0 bridgehead atoms. The van der Waals surface area contributed by atoms with Gasteiger partial charge in [0.2, 0.25) is 0 Å². The van der Waals surface area contributed by atoms with E-state index in [1.807, 2.05) is 24.3 Å². The van der Waals surface area contributed by atoms with Crippen LogP contribution in [0.3, 0.4) is 0 Å². The minimum atomic E-state index is 0.968. The van der Waals surface area contributed by atoms with Crippen LogP contribution in [0.25, 0.3) is 0 Å². The third-order valence-corrected chi connectivity index (χ3v) is 1.36. The maximum Gasteiger partial charge on any atom is 0.0629 e. The molecule has 0 radical (unpaired) electrons. The molecule has 1 aromatic rings. The molecule has 0 saturated carbocycles. The molecule has 0 fully saturated rings. The lowest BCUT2D eigenvalue weighted by Gasteiger charge is -1.92. The summed E-state index contributed by atoms with van der Waals surface area (Å²) in [5, 5.41) is 0. The largest absolute Gasteiger partial charge is 0.257 e. The molecule has 0 unspecified atom stereocenters. The Bertz CT molecular complexity index is 257. The Labute approximate surface area is 67.1 Å². The second-order valence-electron chi connectivity index (χ2n) is 2.35. The maximum absolute atomic E-state index is 4.12. The minimum absolute atomic E-state index is 0.968. The highest BCUT2D eigenvalue weighted by atomic mass is 14.7. The highest BCUT2D eigenvalue weighted by molar-refractivity contribution is 5.73. The zero-order valence-electron chi connectivity index (χ0n) is 6.62. The predicted octanol–water partition coefficient (Wildman–Crippen LogP) is 2.88. The van der Waals surface area contributed by atoms with Crippen molar-refractivity contribution in [3.8, 4) is 0 Å². The topological polar surface area (TPSA) is 12.4 Å². The van der Waals surface area contributed by atoms with E-state index in [2.05, 4.69) is 18.5 Å². The number of rotatable bonds is 2. The lowest BCUT2D eigenvalue weighted by atomic mass is 10.2. The number of benzene rings is 1. The van der Waals surface area contributed by atoms with Gasteiger partial charge in [-0.05, 0) is 19.1 Å². The van der Waals surface area contributed by atoms with Crippen molar-refractivity contribution in [1.29, 1.82) is 0 Å². The molecule has 56 valence electrons. The number of aryl methyl sites for hydroxylation is 1. The van der Waals surface area contributed by atoms with Crippen LogP contribution in [0.15, 0.2) is 41.9 Å². The molecular formula is C10H11N. The number of hydrogen-bond acceptors (Lipinski definition) is 1. The predicted molar refractivity (Wildman–Crippen MR) is 49.5 cm³/mol. The zero-order chi connectivity index (χ0) is 8.10. The Balaban J connectivity index is 2.81. The Morgan fingerprint density at radius 1 is 1.27 bits per heavy atom. The van der Waals surface area contributed by atoms with Crippen LogP contribution in [0.1, 0.15) is 5.56 Å². The number of nitrogens with zero attached hydrogens (tertiary/aromatic N) is 1. The fourth-order valence-electron chi connectivity index (χ4n) is 0.770. The fourth-order valence-corrected chi connectivity index (χ4v) is 0.770. The van der Waals surface area contributed by atoms with Crippen molar-refractivity contribution in [3.05, 3.63) is 42.5 Å². The summed E-state index contributed by atoms with van der Waals surface area (Å²) in [5.74, 6) is 0. The molecule has 0 heterocycles. The van der Waals surface area contributed by atoms with Gasteiger partial charge in [0.25, 0.3) is 0 Å². The van der Waals surface area contributed by atoms with Crippen molar-refractivity contribution in [2.75, 3.05) is 0 Å². The average molecular weight is 145 g/mol. The van der Waals surface area contributed by atoms with E-state index >= 15 is 0 Å². The minimum Gasteiger partial charge on any atom is -0.257 e. The van der Waals surface area contributed by atoms with Crippen LogP contribution in [0, 0.1) is 6.92 Å². The summed E-state index contributed by atoms with van der Waals surface area (Å²) < 4.78 is 0. The first-order chi connectivity index (χ1) is 5.33. The quantitative estimate of drug-likeness (QED) is 0.567. The van der Waals surface area contributed by atoms with Gasteiger partial charge >= 0.3 is 0 Å². The second kappa shape index (κ2) is 3.71. The SMILES string of the molecule is C=CC=Nc1ccc(C)cc1.